The van der Waals surface area contributed by atoms with Gasteiger partial charge in [-0.1, -0.05) is 80.6 Å². The Kier molecular flexibility index (Phi) is 8.71. The molecule has 0 fully saturated rings. The number of ether oxygens (including phenoxy) is 2. The monoisotopic (exact) mass is 619 g/mol. The summed E-state index contributed by atoms with van der Waals surface area (Å²) < 4.78 is 13.1. The van der Waals surface area contributed by atoms with Crippen LogP contribution in [0, 0.1) is 0 Å². The number of benzene rings is 6. The molecule has 6 aromatic carbocycles. The molecule has 0 saturated carbocycles. The molecule has 0 amide bonds. The zero-order valence-electron chi connectivity index (χ0n) is 26.3. The van der Waals surface area contributed by atoms with Gasteiger partial charge in [-0.3, -0.25) is 0 Å². The van der Waals surface area contributed by atoms with Crippen LogP contribution in [0.1, 0.15) is 26.7 Å². The molecule has 46 heavy (non-hydrogen) atoms. The number of fused-ring (bicyclic) bond motifs is 2. The zero-order chi connectivity index (χ0) is 31.3. The molecule has 0 aliphatic heterocycles. The van der Waals surface area contributed by atoms with Gasteiger partial charge in [-0.25, -0.2) is 0 Å². The van der Waals surface area contributed by atoms with Crippen LogP contribution in [0.25, 0.3) is 43.1 Å². The molecule has 0 radical (unpaired) electrons. The van der Waals surface area contributed by atoms with Gasteiger partial charge in [0, 0.05) is 43.5 Å². The largest absolute Gasteiger partial charge is 0.492 e. The third-order valence-corrected chi connectivity index (χ3v) is 9.13. The Morgan fingerprint density at radius 1 is 0.478 bits per heavy atom. The van der Waals surface area contributed by atoms with Crippen LogP contribution in [0.5, 0.6) is 11.5 Å². The molecule has 7 rings (SSSR count). The van der Waals surface area contributed by atoms with E-state index < -0.39 is 0 Å². The molecule has 0 spiro atoms. The van der Waals surface area contributed by atoms with Crippen molar-refractivity contribution in [2.24, 2.45) is 0 Å². The molecule has 1 aromatic heterocycles. The zero-order valence-corrected chi connectivity index (χ0v) is 27.1. The van der Waals surface area contributed by atoms with Crippen molar-refractivity contribution in [1.29, 1.82) is 0 Å². The number of hydrogen-bond acceptors (Lipinski definition) is 4. The third kappa shape index (κ3) is 5.84. The minimum Gasteiger partial charge on any atom is -0.492 e. The van der Waals surface area contributed by atoms with Gasteiger partial charge >= 0.3 is 0 Å². The van der Waals surface area contributed by atoms with Crippen molar-refractivity contribution in [1.82, 2.24) is 0 Å². The van der Waals surface area contributed by atoms with Crippen LogP contribution in [0.4, 0.5) is 17.1 Å². The Labute approximate surface area is 275 Å². The van der Waals surface area contributed by atoms with Crippen molar-refractivity contribution in [2.45, 2.75) is 26.7 Å². The first-order valence-corrected chi connectivity index (χ1v) is 17.0. The lowest BCUT2D eigenvalue weighted by Crippen LogP contribution is -2.09. The molecule has 0 N–H and O–H groups in total. The number of rotatable bonds is 11. The first kappa shape index (κ1) is 29.6. The summed E-state index contributed by atoms with van der Waals surface area (Å²) in [5.74, 6) is 1.85. The fraction of sp³-hybridized carbons (Fsp3) is 0.143. The first-order chi connectivity index (χ1) is 22.7. The maximum atomic E-state index is 6.55. The third-order valence-electron chi connectivity index (χ3n) is 8.21. The Balaban J connectivity index is 1.35. The Bertz CT molecular complexity index is 2010. The Hall–Kier alpha value is -5.06. The van der Waals surface area contributed by atoms with E-state index in [0.717, 1.165) is 74.1 Å². The topological polar surface area (TPSA) is 21.7 Å². The van der Waals surface area contributed by atoms with E-state index in [9.17, 15) is 0 Å². The van der Waals surface area contributed by atoms with Gasteiger partial charge in [0.2, 0.25) is 0 Å². The summed E-state index contributed by atoms with van der Waals surface area (Å²) in [6.45, 7) is 5.61. The van der Waals surface area contributed by atoms with E-state index in [1.807, 2.05) is 0 Å². The molecule has 0 unspecified atom stereocenters. The molecule has 0 bridgehead atoms. The summed E-state index contributed by atoms with van der Waals surface area (Å²) in [4.78, 5) is 3.53. The molecule has 1 heterocycles. The molecule has 0 aliphatic rings. The van der Waals surface area contributed by atoms with Gasteiger partial charge in [-0.05, 0) is 102 Å². The lowest BCUT2D eigenvalue weighted by Gasteiger charge is -2.25. The number of para-hydroxylation sites is 2. The quantitative estimate of drug-likeness (QED) is 0.134. The second-order valence-corrected chi connectivity index (χ2v) is 12.4. The van der Waals surface area contributed by atoms with Crippen molar-refractivity contribution in [2.75, 3.05) is 18.1 Å². The van der Waals surface area contributed by atoms with Crippen LogP contribution in [0.15, 0.2) is 139 Å². The second kappa shape index (κ2) is 13.5. The van der Waals surface area contributed by atoms with E-state index in [-0.39, 0.29) is 0 Å². The minimum absolute atomic E-state index is 0.653. The van der Waals surface area contributed by atoms with E-state index in [1.54, 1.807) is 11.3 Å². The SMILES string of the molecule is CCCOc1c2ccc(-c3cccs3)cc2c(OCCC)c2ccc(-c3ccc(N(c4ccccc4)c4ccccc4)cc3)cc12. The fourth-order valence-electron chi connectivity index (χ4n) is 6.05. The smallest absolute Gasteiger partial charge is 0.135 e. The molecule has 3 nitrogen and oxygen atoms in total. The molecule has 228 valence electrons. The normalized spacial score (nSPS) is 11.2. The van der Waals surface area contributed by atoms with Crippen molar-refractivity contribution in [3.63, 3.8) is 0 Å². The van der Waals surface area contributed by atoms with Crippen molar-refractivity contribution in [3.8, 4) is 33.1 Å². The summed E-state index contributed by atoms with van der Waals surface area (Å²) in [6, 6.07) is 47.5. The van der Waals surface area contributed by atoms with Gasteiger partial charge in [0.1, 0.15) is 11.5 Å². The van der Waals surface area contributed by atoms with Gasteiger partial charge in [-0.2, -0.15) is 0 Å². The summed E-state index contributed by atoms with van der Waals surface area (Å²) in [6.07, 6.45) is 1.87. The molecule has 0 saturated heterocycles. The van der Waals surface area contributed by atoms with Crippen LogP contribution >= 0.6 is 11.3 Å². The van der Waals surface area contributed by atoms with Crippen LogP contribution in [-0.2, 0) is 0 Å². The molecular weight excluding hydrogens is 583 g/mol. The maximum Gasteiger partial charge on any atom is 0.135 e. The molecule has 4 heteroatoms. The minimum atomic E-state index is 0.653. The molecule has 0 aliphatic carbocycles. The van der Waals surface area contributed by atoms with Crippen LogP contribution in [-0.4, -0.2) is 13.2 Å². The van der Waals surface area contributed by atoms with Crippen molar-refractivity contribution < 1.29 is 9.47 Å². The van der Waals surface area contributed by atoms with Gasteiger partial charge in [-0.15, -0.1) is 11.3 Å². The van der Waals surface area contributed by atoms with Crippen LogP contribution < -0.4 is 14.4 Å². The highest BCUT2D eigenvalue weighted by atomic mass is 32.1. The number of nitrogens with zero attached hydrogens (tertiary/aromatic N) is 1. The molecule has 7 aromatic rings. The number of thiophene rings is 1. The average molecular weight is 620 g/mol. The van der Waals surface area contributed by atoms with E-state index in [1.165, 1.54) is 10.4 Å². The van der Waals surface area contributed by atoms with Gasteiger partial charge in [0.15, 0.2) is 0 Å². The van der Waals surface area contributed by atoms with Gasteiger partial charge < -0.3 is 14.4 Å². The van der Waals surface area contributed by atoms with Crippen molar-refractivity contribution in [3.05, 3.63) is 139 Å². The first-order valence-electron chi connectivity index (χ1n) is 16.1. The molecular formula is C42H37NO2S. The number of anilines is 3. The van der Waals surface area contributed by atoms with E-state index in [2.05, 4.69) is 158 Å². The fourth-order valence-corrected chi connectivity index (χ4v) is 6.77. The Morgan fingerprint density at radius 3 is 1.50 bits per heavy atom. The van der Waals surface area contributed by atoms with E-state index >= 15 is 0 Å². The standard InChI is InChI=1S/C42H37NO2S/c1-3-25-44-41-37-24-20-32(40-16-11-27-46-40)29-39(37)42(45-26-4-2)36-23-19-31(28-38(36)41)30-17-21-35(22-18-30)43(33-12-7-5-8-13-33)34-14-9-6-10-15-34/h5-24,27-29H,3-4,25-26H2,1-2H3. The highest BCUT2D eigenvalue weighted by Crippen LogP contribution is 2.46. The number of hydrogen-bond donors (Lipinski definition) is 0. The van der Waals surface area contributed by atoms with Crippen LogP contribution in [0.2, 0.25) is 0 Å². The van der Waals surface area contributed by atoms with E-state index in [0.29, 0.717) is 13.2 Å². The second-order valence-electron chi connectivity index (χ2n) is 11.4. The highest BCUT2D eigenvalue weighted by molar-refractivity contribution is 7.13. The van der Waals surface area contributed by atoms with E-state index in [4.69, 9.17) is 9.47 Å². The summed E-state index contributed by atoms with van der Waals surface area (Å²) >= 11 is 1.75. The van der Waals surface area contributed by atoms with Crippen molar-refractivity contribution >= 4 is 49.9 Å². The lowest BCUT2D eigenvalue weighted by molar-refractivity contribution is 0.319. The maximum absolute atomic E-state index is 6.55. The van der Waals surface area contributed by atoms with Gasteiger partial charge in [0.25, 0.3) is 0 Å². The molecule has 0 atom stereocenters. The highest BCUT2D eigenvalue weighted by Gasteiger charge is 2.19. The predicted octanol–water partition coefficient (Wildman–Crippen LogP) is 12.4. The summed E-state index contributed by atoms with van der Waals surface area (Å²) in [5.41, 5.74) is 6.84. The summed E-state index contributed by atoms with van der Waals surface area (Å²) in [5, 5.41) is 6.46. The average Bonchev–Trinajstić information content (AvgIpc) is 3.66. The lowest BCUT2D eigenvalue weighted by atomic mass is 9.95. The summed E-state index contributed by atoms with van der Waals surface area (Å²) in [7, 11) is 0. The predicted molar refractivity (Wildman–Crippen MR) is 196 cm³/mol. The van der Waals surface area contributed by atoms with Crippen LogP contribution in [0.3, 0.4) is 0 Å². The van der Waals surface area contributed by atoms with Gasteiger partial charge in [0.05, 0.1) is 13.2 Å². The Morgan fingerprint density at radius 2 is 0.978 bits per heavy atom.